The molecule has 0 fully saturated rings. The minimum absolute atomic E-state index is 0.421. The largest absolute Gasteiger partial charge is 0.250 e. The fourth-order valence-corrected chi connectivity index (χ4v) is 3.54. The summed E-state index contributed by atoms with van der Waals surface area (Å²) in [6.07, 6.45) is 1.52. The summed E-state index contributed by atoms with van der Waals surface area (Å²) in [7, 11) is 0. The summed E-state index contributed by atoms with van der Waals surface area (Å²) in [5, 5.41) is 1.38. The minimum Gasteiger partial charge on any atom is -0.250 e. The highest BCUT2D eigenvalue weighted by molar-refractivity contribution is 7.98. The zero-order valence-electron chi connectivity index (χ0n) is 8.95. The standard InChI is InChI=1S/C11H6Cl3N3S/c12-5-1-7(13)9(15-2-5)11-16-8-4-18-3-6(8)10(14)17-11/h1-2H,3-4H2. The van der Waals surface area contributed by atoms with Crippen LogP contribution in [0.4, 0.5) is 0 Å². The van der Waals surface area contributed by atoms with Crippen LogP contribution in [0.5, 0.6) is 0 Å². The maximum atomic E-state index is 6.15. The number of hydrogen-bond donors (Lipinski definition) is 0. The molecule has 3 nitrogen and oxygen atoms in total. The molecule has 0 saturated heterocycles. The molecule has 0 N–H and O–H groups in total. The van der Waals surface area contributed by atoms with Crippen LogP contribution >= 0.6 is 46.6 Å². The van der Waals surface area contributed by atoms with Gasteiger partial charge in [-0.25, -0.2) is 15.0 Å². The Morgan fingerprint density at radius 1 is 1.11 bits per heavy atom. The second-order valence-corrected chi connectivity index (χ2v) is 5.93. The zero-order valence-corrected chi connectivity index (χ0v) is 12.0. The number of halogens is 3. The third kappa shape index (κ3) is 2.18. The van der Waals surface area contributed by atoms with E-state index in [0.717, 1.165) is 22.8 Å². The van der Waals surface area contributed by atoms with E-state index in [9.17, 15) is 0 Å². The Morgan fingerprint density at radius 2 is 1.94 bits per heavy atom. The Balaban J connectivity index is 2.15. The van der Waals surface area contributed by atoms with Crippen LogP contribution in [-0.2, 0) is 11.5 Å². The van der Waals surface area contributed by atoms with Crippen LogP contribution in [0.2, 0.25) is 15.2 Å². The monoisotopic (exact) mass is 317 g/mol. The third-order valence-corrected chi connectivity index (χ3v) is 4.32. The van der Waals surface area contributed by atoms with Crippen LogP contribution in [-0.4, -0.2) is 15.0 Å². The fraction of sp³-hybridized carbons (Fsp3) is 0.182. The molecule has 3 heterocycles. The Morgan fingerprint density at radius 3 is 2.72 bits per heavy atom. The van der Waals surface area contributed by atoms with Gasteiger partial charge in [-0.2, -0.15) is 11.8 Å². The molecule has 3 rings (SSSR count). The minimum atomic E-state index is 0.421. The SMILES string of the molecule is Clc1cnc(-c2nc(Cl)c3c(n2)CSC3)c(Cl)c1. The topological polar surface area (TPSA) is 38.7 Å². The van der Waals surface area contributed by atoms with Crippen LogP contribution in [0.3, 0.4) is 0 Å². The second kappa shape index (κ2) is 4.85. The van der Waals surface area contributed by atoms with Crippen molar-refractivity contribution in [2.45, 2.75) is 11.5 Å². The van der Waals surface area contributed by atoms with Gasteiger partial charge in [0.05, 0.1) is 15.7 Å². The smallest absolute Gasteiger partial charge is 0.181 e. The van der Waals surface area contributed by atoms with Crippen molar-refractivity contribution in [1.82, 2.24) is 15.0 Å². The molecule has 0 saturated carbocycles. The first-order valence-corrected chi connectivity index (χ1v) is 7.38. The molecule has 0 amide bonds. The molecule has 1 aliphatic rings. The van der Waals surface area contributed by atoms with E-state index >= 15 is 0 Å². The number of nitrogens with zero attached hydrogens (tertiary/aromatic N) is 3. The third-order valence-electron chi connectivity index (χ3n) is 2.55. The van der Waals surface area contributed by atoms with Gasteiger partial charge >= 0.3 is 0 Å². The highest BCUT2D eigenvalue weighted by atomic mass is 35.5. The molecule has 1 aliphatic heterocycles. The van der Waals surface area contributed by atoms with Gasteiger partial charge in [0.25, 0.3) is 0 Å². The maximum absolute atomic E-state index is 6.15. The van der Waals surface area contributed by atoms with Crippen molar-refractivity contribution < 1.29 is 0 Å². The van der Waals surface area contributed by atoms with Gasteiger partial charge in [-0.05, 0) is 6.07 Å². The summed E-state index contributed by atoms with van der Waals surface area (Å²) in [6.45, 7) is 0. The quantitative estimate of drug-likeness (QED) is 0.737. The van der Waals surface area contributed by atoms with Crippen LogP contribution in [0.15, 0.2) is 12.3 Å². The molecule has 2 aromatic rings. The lowest BCUT2D eigenvalue weighted by Gasteiger charge is -2.06. The van der Waals surface area contributed by atoms with Gasteiger partial charge < -0.3 is 0 Å². The van der Waals surface area contributed by atoms with E-state index in [1.54, 1.807) is 17.8 Å². The van der Waals surface area contributed by atoms with Crippen LogP contribution in [0, 0.1) is 0 Å². The molecule has 0 aliphatic carbocycles. The Bertz CT molecular complexity index is 633. The summed E-state index contributed by atoms with van der Waals surface area (Å²) in [5.74, 6) is 2.15. The number of aromatic nitrogens is 3. The summed E-state index contributed by atoms with van der Waals surface area (Å²) >= 11 is 19.8. The Labute approximate surface area is 123 Å². The second-order valence-electron chi connectivity index (χ2n) is 3.74. The first-order valence-electron chi connectivity index (χ1n) is 5.09. The van der Waals surface area contributed by atoms with Crippen molar-refractivity contribution in [3.05, 3.63) is 38.7 Å². The van der Waals surface area contributed by atoms with Crippen molar-refractivity contribution >= 4 is 46.6 Å². The molecular formula is C11H6Cl3N3S. The molecule has 0 bridgehead atoms. The number of fused-ring (bicyclic) bond motifs is 1. The van der Waals surface area contributed by atoms with Crippen molar-refractivity contribution in [1.29, 1.82) is 0 Å². The molecule has 0 unspecified atom stereocenters. The van der Waals surface area contributed by atoms with E-state index < -0.39 is 0 Å². The normalized spacial score (nSPS) is 13.7. The van der Waals surface area contributed by atoms with Gasteiger partial charge in [0, 0.05) is 23.3 Å². The highest BCUT2D eigenvalue weighted by Gasteiger charge is 2.20. The molecule has 2 aromatic heterocycles. The number of hydrogen-bond acceptors (Lipinski definition) is 4. The van der Waals surface area contributed by atoms with Crippen LogP contribution in [0.25, 0.3) is 11.5 Å². The number of rotatable bonds is 1. The van der Waals surface area contributed by atoms with Gasteiger partial charge in [0.1, 0.15) is 10.8 Å². The number of thioether (sulfide) groups is 1. The zero-order chi connectivity index (χ0) is 12.7. The molecule has 0 spiro atoms. The van der Waals surface area contributed by atoms with Gasteiger partial charge in [-0.1, -0.05) is 34.8 Å². The van der Waals surface area contributed by atoms with E-state index in [1.165, 1.54) is 6.20 Å². The van der Waals surface area contributed by atoms with E-state index in [0.29, 0.717) is 26.7 Å². The van der Waals surface area contributed by atoms with Crippen molar-refractivity contribution in [3.63, 3.8) is 0 Å². The predicted molar refractivity (Wildman–Crippen MR) is 75.3 cm³/mol. The molecular weight excluding hydrogens is 313 g/mol. The maximum Gasteiger partial charge on any atom is 0.181 e. The average Bonchev–Trinajstić information content (AvgIpc) is 2.77. The summed E-state index contributed by atoms with van der Waals surface area (Å²) in [6, 6.07) is 1.62. The van der Waals surface area contributed by atoms with Gasteiger partial charge in [0.15, 0.2) is 5.82 Å². The lowest BCUT2D eigenvalue weighted by Crippen LogP contribution is -1.99. The van der Waals surface area contributed by atoms with E-state index in [4.69, 9.17) is 34.8 Å². The average molecular weight is 319 g/mol. The van der Waals surface area contributed by atoms with Crippen molar-refractivity contribution in [2.75, 3.05) is 0 Å². The predicted octanol–water partition coefficient (Wildman–Crippen LogP) is 4.25. The molecule has 7 heteroatoms. The van der Waals surface area contributed by atoms with Crippen molar-refractivity contribution in [2.24, 2.45) is 0 Å². The fourth-order valence-electron chi connectivity index (χ4n) is 1.70. The van der Waals surface area contributed by atoms with E-state index in [1.807, 2.05) is 0 Å². The summed E-state index contributed by atoms with van der Waals surface area (Å²) in [5.41, 5.74) is 2.47. The first-order chi connectivity index (χ1) is 8.65. The van der Waals surface area contributed by atoms with Gasteiger partial charge in [-0.15, -0.1) is 0 Å². The van der Waals surface area contributed by atoms with Gasteiger partial charge in [0.2, 0.25) is 0 Å². The van der Waals surface area contributed by atoms with E-state index in [-0.39, 0.29) is 0 Å². The highest BCUT2D eigenvalue weighted by Crippen LogP contribution is 2.35. The Hall–Kier alpha value is -0.550. The van der Waals surface area contributed by atoms with E-state index in [2.05, 4.69) is 15.0 Å². The first kappa shape index (κ1) is 12.5. The summed E-state index contributed by atoms with van der Waals surface area (Å²) in [4.78, 5) is 12.9. The van der Waals surface area contributed by atoms with Crippen LogP contribution < -0.4 is 0 Å². The molecule has 18 heavy (non-hydrogen) atoms. The summed E-state index contributed by atoms with van der Waals surface area (Å²) < 4.78 is 0. The van der Waals surface area contributed by atoms with Crippen molar-refractivity contribution in [3.8, 4) is 11.5 Å². The molecule has 0 aromatic carbocycles. The molecule has 0 atom stereocenters. The van der Waals surface area contributed by atoms with Crippen LogP contribution in [0.1, 0.15) is 11.3 Å². The Kier molecular flexibility index (Phi) is 3.36. The lowest BCUT2D eigenvalue weighted by molar-refractivity contribution is 1.06. The van der Waals surface area contributed by atoms with Gasteiger partial charge in [-0.3, -0.25) is 0 Å². The number of pyridine rings is 1. The lowest BCUT2D eigenvalue weighted by atomic mass is 10.2. The molecule has 92 valence electrons. The molecule has 0 radical (unpaired) electrons.